The van der Waals surface area contributed by atoms with Crippen LogP contribution in [0.4, 0.5) is 0 Å². The Kier molecular flexibility index (Phi) is 2.57. The van der Waals surface area contributed by atoms with E-state index in [0.29, 0.717) is 12.6 Å². The Bertz CT molecular complexity index is 300. The molecular weight excluding hydrogens is 202 g/mol. The van der Waals surface area contributed by atoms with Gasteiger partial charge in [0.2, 0.25) is 5.91 Å². The highest BCUT2D eigenvalue weighted by atomic mass is 16.5. The number of rotatable bonds is 2. The molecule has 0 bridgehead atoms. The van der Waals surface area contributed by atoms with Crippen LogP contribution in [-0.2, 0) is 9.53 Å². The molecule has 1 aliphatic carbocycles. The standard InChI is InChI=1S/C13H23NO2/c1-12(2,3)11(15)14(9-6-7-9)10-8-16-13(10,4)5/h9-10H,6-8H2,1-5H3/t10-/m1/s1. The molecule has 0 spiro atoms. The summed E-state index contributed by atoms with van der Waals surface area (Å²) in [4.78, 5) is 14.5. The molecule has 1 amide bonds. The molecule has 0 aromatic carbocycles. The highest BCUT2D eigenvalue weighted by Gasteiger charge is 2.51. The molecule has 1 heterocycles. The van der Waals surface area contributed by atoms with Gasteiger partial charge in [-0.25, -0.2) is 0 Å². The number of carbonyl (C=O) groups is 1. The van der Waals surface area contributed by atoms with E-state index < -0.39 is 0 Å². The highest BCUT2D eigenvalue weighted by molar-refractivity contribution is 5.82. The van der Waals surface area contributed by atoms with Crippen LogP contribution in [0.2, 0.25) is 0 Å². The lowest BCUT2D eigenvalue weighted by Gasteiger charge is -2.51. The van der Waals surface area contributed by atoms with E-state index in [4.69, 9.17) is 4.74 Å². The molecule has 0 radical (unpaired) electrons. The zero-order valence-electron chi connectivity index (χ0n) is 11.0. The van der Waals surface area contributed by atoms with Crippen LogP contribution >= 0.6 is 0 Å². The van der Waals surface area contributed by atoms with Crippen molar-refractivity contribution in [2.24, 2.45) is 5.41 Å². The van der Waals surface area contributed by atoms with Gasteiger partial charge in [-0.15, -0.1) is 0 Å². The Morgan fingerprint density at radius 1 is 1.31 bits per heavy atom. The van der Waals surface area contributed by atoms with Crippen molar-refractivity contribution in [2.45, 2.75) is 65.1 Å². The first-order valence-corrected chi connectivity index (χ1v) is 6.20. The van der Waals surface area contributed by atoms with E-state index in [1.54, 1.807) is 0 Å². The van der Waals surface area contributed by atoms with Gasteiger partial charge in [0.05, 0.1) is 18.2 Å². The molecule has 0 aromatic heterocycles. The van der Waals surface area contributed by atoms with E-state index in [9.17, 15) is 4.79 Å². The SMILES string of the molecule is CC(C)(C)C(=O)N(C1CC1)[C@@H]1COC1(C)C. The van der Waals surface area contributed by atoms with E-state index in [2.05, 4.69) is 18.7 Å². The summed E-state index contributed by atoms with van der Waals surface area (Å²) >= 11 is 0. The zero-order valence-corrected chi connectivity index (χ0v) is 11.0. The second-order valence-corrected chi connectivity index (χ2v) is 6.62. The molecule has 3 heteroatoms. The maximum atomic E-state index is 12.4. The number of hydrogen-bond acceptors (Lipinski definition) is 2. The summed E-state index contributed by atoms with van der Waals surface area (Å²) in [7, 11) is 0. The van der Waals surface area contributed by atoms with Crippen LogP contribution in [0.3, 0.4) is 0 Å². The van der Waals surface area contributed by atoms with Crippen molar-refractivity contribution in [1.29, 1.82) is 0 Å². The molecule has 2 aliphatic rings. The number of nitrogens with zero attached hydrogens (tertiary/aromatic N) is 1. The third kappa shape index (κ3) is 1.97. The van der Waals surface area contributed by atoms with Gasteiger partial charge in [0.15, 0.2) is 0 Å². The maximum Gasteiger partial charge on any atom is 0.228 e. The van der Waals surface area contributed by atoms with Gasteiger partial charge in [0, 0.05) is 11.5 Å². The van der Waals surface area contributed by atoms with Crippen LogP contribution in [0, 0.1) is 5.41 Å². The normalized spacial score (nSPS) is 28.4. The lowest BCUT2D eigenvalue weighted by molar-refractivity contribution is -0.203. The third-order valence-electron chi connectivity index (χ3n) is 3.57. The largest absolute Gasteiger partial charge is 0.371 e. The average Bonchev–Trinajstić information content (AvgIpc) is 2.92. The van der Waals surface area contributed by atoms with E-state index in [1.165, 1.54) is 0 Å². The minimum absolute atomic E-state index is 0.163. The second-order valence-electron chi connectivity index (χ2n) is 6.62. The van der Waals surface area contributed by atoms with Crippen molar-refractivity contribution in [3.05, 3.63) is 0 Å². The summed E-state index contributed by atoms with van der Waals surface area (Å²) in [6.45, 7) is 10.8. The fourth-order valence-corrected chi connectivity index (χ4v) is 2.21. The first-order chi connectivity index (χ1) is 7.23. The van der Waals surface area contributed by atoms with Gasteiger partial charge in [-0.3, -0.25) is 4.79 Å². The van der Waals surface area contributed by atoms with E-state index in [1.807, 2.05) is 20.8 Å². The molecular formula is C13H23NO2. The summed E-state index contributed by atoms with van der Waals surface area (Å²) in [5.41, 5.74) is -0.447. The molecule has 2 fully saturated rings. The van der Waals surface area contributed by atoms with Crippen LogP contribution in [0.5, 0.6) is 0 Å². The summed E-state index contributed by atoms with van der Waals surface area (Å²) in [6.07, 6.45) is 2.32. The van der Waals surface area contributed by atoms with E-state index in [-0.39, 0.29) is 23.0 Å². The topological polar surface area (TPSA) is 29.5 Å². The fraction of sp³-hybridized carbons (Fsp3) is 0.923. The van der Waals surface area contributed by atoms with Gasteiger partial charge in [-0.05, 0) is 26.7 Å². The van der Waals surface area contributed by atoms with Crippen molar-refractivity contribution < 1.29 is 9.53 Å². The summed E-state index contributed by atoms with van der Waals surface area (Å²) in [5, 5.41) is 0. The predicted molar refractivity (Wildman–Crippen MR) is 63.1 cm³/mol. The number of hydrogen-bond donors (Lipinski definition) is 0. The van der Waals surface area contributed by atoms with Gasteiger partial charge in [0.1, 0.15) is 0 Å². The minimum atomic E-state index is -0.283. The Labute approximate surface area is 98.1 Å². The molecule has 0 aromatic rings. The smallest absolute Gasteiger partial charge is 0.228 e. The molecule has 92 valence electrons. The maximum absolute atomic E-state index is 12.4. The van der Waals surface area contributed by atoms with Gasteiger partial charge in [-0.1, -0.05) is 20.8 Å². The number of carbonyl (C=O) groups excluding carboxylic acids is 1. The number of ether oxygens (including phenoxy) is 1. The Hall–Kier alpha value is -0.570. The van der Waals surface area contributed by atoms with Gasteiger partial charge < -0.3 is 9.64 Å². The average molecular weight is 225 g/mol. The molecule has 1 atom stereocenters. The van der Waals surface area contributed by atoms with Gasteiger partial charge >= 0.3 is 0 Å². The molecule has 0 N–H and O–H groups in total. The molecule has 2 rings (SSSR count). The highest BCUT2D eigenvalue weighted by Crippen LogP contribution is 2.40. The first-order valence-electron chi connectivity index (χ1n) is 6.20. The molecule has 16 heavy (non-hydrogen) atoms. The Morgan fingerprint density at radius 2 is 1.88 bits per heavy atom. The van der Waals surface area contributed by atoms with E-state index >= 15 is 0 Å². The molecule has 1 saturated carbocycles. The lowest BCUT2D eigenvalue weighted by atomic mass is 9.87. The molecule has 3 nitrogen and oxygen atoms in total. The van der Waals surface area contributed by atoms with Crippen LogP contribution in [-0.4, -0.2) is 35.1 Å². The summed E-state index contributed by atoms with van der Waals surface area (Å²) in [6, 6.07) is 0.742. The quantitative estimate of drug-likeness (QED) is 0.721. The van der Waals surface area contributed by atoms with Crippen LogP contribution in [0.1, 0.15) is 47.5 Å². The number of amides is 1. The second kappa shape index (κ2) is 3.46. The van der Waals surface area contributed by atoms with Gasteiger partial charge in [-0.2, -0.15) is 0 Å². The van der Waals surface area contributed by atoms with Crippen molar-refractivity contribution in [2.75, 3.05) is 6.61 Å². The zero-order chi connectivity index (χ0) is 12.1. The Morgan fingerprint density at radius 3 is 2.12 bits per heavy atom. The molecule has 1 saturated heterocycles. The Balaban J connectivity index is 2.15. The lowest BCUT2D eigenvalue weighted by Crippen LogP contribution is -2.65. The fourth-order valence-electron chi connectivity index (χ4n) is 2.21. The van der Waals surface area contributed by atoms with Crippen molar-refractivity contribution in [3.8, 4) is 0 Å². The van der Waals surface area contributed by atoms with Gasteiger partial charge in [0.25, 0.3) is 0 Å². The van der Waals surface area contributed by atoms with Crippen LogP contribution in [0.15, 0.2) is 0 Å². The summed E-state index contributed by atoms with van der Waals surface area (Å²) in [5.74, 6) is 0.274. The van der Waals surface area contributed by atoms with Crippen LogP contribution < -0.4 is 0 Å². The first kappa shape index (κ1) is 11.9. The molecule has 1 aliphatic heterocycles. The van der Waals surface area contributed by atoms with E-state index in [0.717, 1.165) is 12.8 Å². The molecule has 0 unspecified atom stereocenters. The third-order valence-corrected chi connectivity index (χ3v) is 3.57. The minimum Gasteiger partial charge on any atom is -0.371 e. The van der Waals surface area contributed by atoms with Crippen LogP contribution in [0.25, 0.3) is 0 Å². The van der Waals surface area contributed by atoms with Crippen molar-refractivity contribution >= 4 is 5.91 Å². The summed E-state index contributed by atoms with van der Waals surface area (Å²) < 4.78 is 5.56. The van der Waals surface area contributed by atoms with Crippen molar-refractivity contribution in [1.82, 2.24) is 4.90 Å². The predicted octanol–water partition coefficient (Wildman–Crippen LogP) is 2.20. The van der Waals surface area contributed by atoms with Crippen molar-refractivity contribution in [3.63, 3.8) is 0 Å². The monoisotopic (exact) mass is 225 g/mol.